The first-order valence-electron chi connectivity index (χ1n) is 14.8. The van der Waals surface area contributed by atoms with Gasteiger partial charge in [0.05, 0.1) is 10.6 Å². The number of hydrogen-bond donors (Lipinski definition) is 1. The molecule has 4 rings (SSSR count). The van der Waals surface area contributed by atoms with Gasteiger partial charge in [0.15, 0.2) is 0 Å². The highest BCUT2D eigenvalue weighted by Gasteiger charge is 2.35. The fraction of sp³-hybridized carbons (Fsp3) is 0.257. The van der Waals surface area contributed by atoms with Gasteiger partial charge in [0.25, 0.3) is 10.0 Å². The molecule has 4 aromatic rings. The number of nitrogens with one attached hydrogen (secondary N) is 1. The van der Waals surface area contributed by atoms with Gasteiger partial charge in [-0.25, -0.2) is 8.42 Å². The molecule has 1 N–H and O–H groups in total. The van der Waals surface area contributed by atoms with Gasteiger partial charge in [0.2, 0.25) is 11.8 Å². The molecule has 4 aromatic carbocycles. The molecule has 0 saturated heterocycles. The van der Waals surface area contributed by atoms with Crippen LogP contribution in [0.3, 0.4) is 0 Å². The first-order valence-corrected chi connectivity index (χ1v) is 17.3. The van der Waals surface area contributed by atoms with Gasteiger partial charge in [-0.2, -0.15) is 0 Å². The maximum Gasteiger partial charge on any atom is 0.264 e. The zero-order chi connectivity index (χ0) is 33.4. The third kappa shape index (κ3) is 9.04. The third-order valence-corrected chi connectivity index (χ3v) is 10.1. The Morgan fingerprint density at radius 1 is 0.826 bits per heavy atom. The Kier molecular flexibility index (Phi) is 12.1. The fourth-order valence-corrected chi connectivity index (χ4v) is 6.87. The van der Waals surface area contributed by atoms with Gasteiger partial charge in [-0.3, -0.25) is 13.9 Å². The number of aryl methyl sites for hydroxylation is 1. The highest BCUT2D eigenvalue weighted by molar-refractivity contribution is 7.92. The summed E-state index contributed by atoms with van der Waals surface area (Å²) in [5, 5.41) is 4.04. The summed E-state index contributed by atoms with van der Waals surface area (Å²) in [7, 11) is -4.24. The number of amides is 2. The summed E-state index contributed by atoms with van der Waals surface area (Å²) >= 11 is 19.2. The number of rotatable bonds is 13. The van der Waals surface area contributed by atoms with Crippen molar-refractivity contribution < 1.29 is 18.0 Å². The number of nitrogens with zero attached hydrogens (tertiary/aromatic N) is 2. The second kappa shape index (κ2) is 15.8. The molecule has 2 amide bonds. The van der Waals surface area contributed by atoms with Gasteiger partial charge in [-0.1, -0.05) is 109 Å². The van der Waals surface area contributed by atoms with Gasteiger partial charge < -0.3 is 10.2 Å². The fourth-order valence-electron chi connectivity index (χ4n) is 4.80. The van der Waals surface area contributed by atoms with Crippen LogP contribution in [0, 0.1) is 12.8 Å². The van der Waals surface area contributed by atoms with E-state index in [0.717, 1.165) is 15.4 Å². The molecule has 0 fully saturated rings. The molecular weight excluding hydrogens is 665 g/mol. The van der Waals surface area contributed by atoms with Gasteiger partial charge in [0.1, 0.15) is 12.6 Å². The molecule has 11 heteroatoms. The minimum absolute atomic E-state index is 0.00213. The van der Waals surface area contributed by atoms with E-state index in [-0.39, 0.29) is 35.4 Å². The van der Waals surface area contributed by atoms with Crippen LogP contribution in [0.15, 0.2) is 102 Å². The largest absolute Gasteiger partial charge is 0.354 e. The van der Waals surface area contributed by atoms with Crippen LogP contribution in [0.5, 0.6) is 0 Å². The summed E-state index contributed by atoms with van der Waals surface area (Å²) in [6.07, 6.45) is 0.184. The second-order valence-electron chi connectivity index (χ2n) is 11.4. The van der Waals surface area contributed by atoms with Crippen LogP contribution in [0.25, 0.3) is 0 Å². The maximum absolute atomic E-state index is 14.6. The smallest absolute Gasteiger partial charge is 0.264 e. The monoisotopic (exact) mass is 699 g/mol. The average molecular weight is 701 g/mol. The molecule has 0 heterocycles. The van der Waals surface area contributed by atoms with Crippen molar-refractivity contribution in [2.24, 2.45) is 5.92 Å². The Balaban J connectivity index is 1.83. The van der Waals surface area contributed by atoms with E-state index in [0.29, 0.717) is 27.2 Å². The normalized spacial score (nSPS) is 12.1. The molecule has 0 saturated carbocycles. The van der Waals surface area contributed by atoms with Crippen LogP contribution in [0.1, 0.15) is 30.5 Å². The Morgan fingerprint density at radius 3 is 2.09 bits per heavy atom. The molecule has 0 spiro atoms. The lowest BCUT2D eigenvalue weighted by molar-refractivity contribution is -0.140. The number of carbonyl (C=O) groups excluding carboxylic acids is 2. The number of carbonyl (C=O) groups is 2. The average Bonchev–Trinajstić information content (AvgIpc) is 3.03. The van der Waals surface area contributed by atoms with Crippen LogP contribution in [-0.4, -0.2) is 44.3 Å². The maximum atomic E-state index is 14.6. The van der Waals surface area contributed by atoms with Crippen LogP contribution < -0.4 is 9.62 Å². The van der Waals surface area contributed by atoms with E-state index in [4.69, 9.17) is 34.8 Å². The minimum atomic E-state index is -4.24. The lowest BCUT2D eigenvalue weighted by Crippen LogP contribution is -2.53. The third-order valence-electron chi connectivity index (χ3n) is 7.36. The molecule has 7 nitrogen and oxygen atoms in total. The number of hydrogen-bond acceptors (Lipinski definition) is 4. The molecule has 0 aromatic heterocycles. The van der Waals surface area contributed by atoms with Crippen LogP contribution >= 0.6 is 34.8 Å². The summed E-state index contributed by atoms with van der Waals surface area (Å²) in [6, 6.07) is 25.9. The van der Waals surface area contributed by atoms with Crippen molar-refractivity contribution in [1.29, 1.82) is 0 Å². The van der Waals surface area contributed by atoms with Gasteiger partial charge in [-0.05, 0) is 65.9 Å². The summed E-state index contributed by atoms with van der Waals surface area (Å²) in [5.74, 6) is -0.816. The molecule has 0 aliphatic heterocycles. The molecular formula is C35H36Cl3N3O4S. The first-order chi connectivity index (χ1) is 21.9. The SMILES string of the molecule is Cc1ccc(N(CC(=O)N(Cc2ccc(Cl)cc2Cl)[C@H](Cc2ccccc2)C(=O)NCC(C)C)S(=O)(=O)c2ccccc2)cc1Cl. The molecule has 0 radical (unpaired) electrons. The lowest BCUT2D eigenvalue weighted by Gasteiger charge is -2.34. The number of halogens is 3. The van der Waals surface area contributed by atoms with E-state index in [1.165, 1.54) is 23.1 Å². The molecule has 0 bridgehead atoms. The van der Waals surface area contributed by atoms with Crippen LogP contribution in [0.2, 0.25) is 15.1 Å². The minimum Gasteiger partial charge on any atom is -0.354 e. The van der Waals surface area contributed by atoms with Crippen molar-refractivity contribution in [3.8, 4) is 0 Å². The van der Waals surface area contributed by atoms with Crippen LogP contribution in [-0.2, 0) is 32.6 Å². The first kappa shape index (κ1) is 35.3. The van der Waals surface area contributed by atoms with Gasteiger partial charge in [-0.15, -0.1) is 0 Å². The highest BCUT2D eigenvalue weighted by Crippen LogP contribution is 2.29. The summed E-state index contributed by atoms with van der Waals surface area (Å²) < 4.78 is 29.2. The van der Waals surface area contributed by atoms with Crippen molar-refractivity contribution in [2.45, 2.75) is 44.7 Å². The zero-order valence-corrected chi connectivity index (χ0v) is 28.9. The van der Waals surface area contributed by atoms with E-state index < -0.39 is 28.5 Å². The van der Waals surface area contributed by atoms with Crippen molar-refractivity contribution >= 4 is 62.3 Å². The Labute approximate surface area is 286 Å². The van der Waals surface area contributed by atoms with E-state index in [1.54, 1.807) is 55.5 Å². The Bertz CT molecular complexity index is 1770. The van der Waals surface area contributed by atoms with Gasteiger partial charge >= 0.3 is 0 Å². The summed E-state index contributed by atoms with van der Waals surface area (Å²) in [5.41, 5.74) is 2.33. The van der Waals surface area contributed by atoms with E-state index in [2.05, 4.69) is 5.32 Å². The van der Waals surface area contributed by atoms with Crippen molar-refractivity contribution in [1.82, 2.24) is 10.2 Å². The number of benzene rings is 4. The van der Waals surface area contributed by atoms with E-state index in [9.17, 15) is 18.0 Å². The van der Waals surface area contributed by atoms with Crippen molar-refractivity contribution in [3.63, 3.8) is 0 Å². The predicted molar refractivity (Wildman–Crippen MR) is 186 cm³/mol. The quantitative estimate of drug-likeness (QED) is 0.156. The number of anilines is 1. The van der Waals surface area contributed by atoms with Crippen molar-refractivity contribution in [3.05, 3.63) is 129 Å². The Hall–Kier alpha value is -3.56. The van der Waals surface area contributed by atoms with Crippen molar-refractivity contribution in [2.75, 3.05) is 17.4 Å². The molecule has 46 heavy (non-hydrogen) atoms. The molecule has 1 atom stereocenters. The molecule has 0 unspecified atom stereocenters. The lowest BCUT2D eigenvalue weighted by atomic mass is 10.0. The second-order valence-corrected chi connectivity index (χ2v) is 14.5. The molecule has 242 valence electrons. The number of sulfonamides is 1. The predicted octanol–water partition coefficient (Wildman–Crippen LogP) is 7.56. The topological polar surface area (TPSA) is 86.8 Å². The summed E-state index contributed by atoms with van der Waals surface area (Å²) in [4.78, 5) is 29.8. The standard InChI is InChI=1S/C35H36Cl3N3O4S/c1-24(2)21-39-35(43)33(18-26-10-6-4-7-11-26)40(22-27-15-16-28(36)19-32(27)38)34(42)23-41(29-17-14-25(3)31(37)20-29)46(44,45)30-12-8-5-9-13-30/h4-17,19-20,24,33H,18,21-23H2,1-3H3,(H,39,43)/t33-/m1/s1. The van der Waals surface area contributed by atoms with E-state index >= 15 is 0 Å². The summed E-state index contributed by atoms with van der Waals surface area (Å²) in [6.45, 7) is 5.46. The zero-order valence-electron chi connectivity index (χ0n) is 25.8. The highest BCUT2D eigenvalue weighted by atomic mass is 35.5. The molecule has 0 aliphatic rings. The van der Waals surface area contributed by atoms with E-state index in [1.807, 2.05) is 44.2 Å². The Morgan fingerprint density at radius 2 is 1.48 bits per heavy atom. The molecule has 0 aliphatic carbocycles. The van der Waals surface area contributed by atoms with Gasteiger partial charge in [0, 0.05) is 34.6 Å². The van der Waals surface area contributed by atoms with Crippen LogP contribution in [0.4, 0.5) is 5.69 Å².